The number of nitrogens with two attached hydrogens (primary N) is 1. The van der Waals surface area contributed by atoms with E-state index in [-0.39, 0.29) is 16.9 Å². The summed E-state index contributed by atoms with van der Waals surface area (Å²) in [6.45, 7) is 4.09. The van der Waals surface area contributed by atoms with Crippen LogP contribution in [0.1, 0.15) is 38.2 Å². The predicted molar refractivity (Wildman–Crippen MR) is 85.9 cm³/mol. The first-order valence-electron chi connectivity index (χ1n) is 7.54. The predicted octanol–water partition coefficient (Wildman–Crippen LogP) is 2.42. The van der Waals surface area contributed by atoms with Crippen molar-refractivity contribution in [3.8, 4) is 11.8 Å². The number of benzene rings is 1. The van der Waals surface area contributed by atoms with Crippen molar-refractivity contribution in [3.05, 3.63) is 52.5 Å². The molecule has 4 N–H and O–H groups in total. The smallest absolute Gasteiger partial charge is 0.162 e. The molecule has 0 bridgehead atoms. The molecule has 1 atom stereocenters. The van der Waals surface area contributed by atoms with Crippen LogP contribution in [0, 0.1) is 16.7 Å². The largest absolute Gasteiger partial charge is 0.508 e. The highest BCUT2D eigenvalue weighted by atomic mass is 16.3. The second kappa shape index (κ2) is 5.17. The van der Waals surface area contributed by atoms with Crippen molar-refractivity contribution in [2.45, 2.75) is 32.6 Å². The molecule has 0 saturated carbocycles. The number of rotatable bonds is 1. The molecule has 1 heterocycles. The zero-order valence-electron chi connectivity index (χ0n) is 13.2. The second-order valence-corrected chi connectivity index (χ2v) is 6.92. The van der Waals surface area contributed by atoms with Crippen molar-refractivity contribution < 1.29 is 9.90 Å². The standard InChI is InChI=1S/C18H19N3O2/c1-18(2)7-13-16(14(23)8-18)15(12(9-19)17(20)21-13)10-3-5-11(22)6-4-10/h3-6,15,21-22H,7-8,20H2,1-2H3/t15-/m0/s1. The summed E-state index contributed by atoms with van der Waals surface area (Å²) in [7, 11) is 0. The van der Waals surface area contributed by atoms with Crippen LogP contribution in [0.3, 0.4) is 0 Å². The molecule has 0 fully saturated rings. The SMILES string of the molecule is CC1(C)CC(=O)C2=C(C1)NC(N)=C(C#N)[C@@H]2c1ccc(O)cc1. The summed E-state index contributed by atoms with van der Waals surface area (Å²) in [6, 6.07) is 8.71. The molecule has 0 radical (unpaired) electrons. The van der Waals surface area contributed by atoms with E-state index in [0.717, 1.165) is 11.3 Å². The van der Waals surface area contributed by atoms with Crippen molar-refractivity contribution in [2.75, 3.05) is 0 Å². The van der Waals surface area contributed by atoms with Gasteiger partial charge in [-0.1, -0.05) is 26.0 Å². The van der Waals surface area contributed by atoms with Crippen LogP contribution in [0.2, 0.25) is 0 Å². The van der Waals surface area contributed by atoms with E-state index in [2.05, 4.69) is 11.4 Å². The average molecular weight is 309 g/mol. The molecule has 1 aliphatic heterocycles. The zero-order valence-corrected chi connectivity index (χ0v) is 13.2. The molecule has 0 amide bonds. The molecule has 23 heavy (non-hydrogen) atoms. The number of hydrogen-bond acceptors (Lipinski definition) is 5. The molecule has 1 aromatic rings. The molecule has 0 spiro atoms. The van der Waals surface area contributed by atoms with Crippen LogP contribution in [0.5, 0.6) is 5.75 Å². The van der Waals surface area contributed by atoms with Gasteiger partial charge < -0.3 is 16.2 Å². The average Bonchev–Trinajstić information content (AvgIpc) is 2.45. The summed E-state index contributed by atoms with van der Waals surface area (Å²) in [4.78, 5) is 12.7. The van der Waals surface area contributed by atoms with E-state index >= 15 is 0 Å². The number of nitrogens with one attached hydrogen (secondary N) is 1. The van der Waals surface area contributed by atoms with E-state index in [0.29, 0.717) is 29.8 Å². The van der Waals surface area contributed by atoms with Gasteiger partial charge in [-0.15, -0.1) is 0 Å². The van der Waals surface area contributed by atoms with Crippen LogP contribution in [-0.2, 0) is 4.79 Å². The van der Waals surface area contributed by atoms with Gasteiger partial charge in [0, 0.05) is 17.7 Å². The Bertz CT molecular complexity index is 779. The molecule has 1 aliphatic carbocycles. The van der Waals surface area contributed by atoms with Gasteiger partial charge >= 0.3 is 0 Å². The van der Waals surface area contributed by atoms with E-state index in [1.54, 1.807) is 24.3 Å². The van der Waals surface area contributed by atoms with E-state index in [1.807, 2.05) is 13.8 Å². The van der Waals surface area contributed by atoms with Crippen LogP contribution >= 0.6 is 0 Å². The number of ketones is 1. The number of phenolic OH excluding ortho intramolecular Hbond substituents is 1. The molecule has 5 heteroatoms. The zero-order chi connectivity index (χ0) is 16.8. The fraction of sp³-hybridized carbons (Fsp3) is 0.333. The topological polar surface area (TPSA) is 99.1 Å². The number of dihydropyridines is 1. The molecule has 5 nitrogen and oxygen atoms in total. The third-order valence-electron chi connectivity index (χ3n) is 4.42. The number of phenols is 1. The van der Waals surface area contributed by atoms with Crippen molar-refractivity contribution in [3.63, 3.8) is 0 Å². The highest BCUT2D eigenvalue weighted by Gasteiger charge is 2.41. The third kappa shape index (κ3) is 2.57. The Morgan fingerprint density at radius 1 is 1.30 bits per heavy atom. The lowest BCUT2D eigenvalue weighted by atomic mass is 9.69. The number of hydrogen-bond donors (Lipinski definition) is 3. The van der Waals surface area contributed by atoms with E-state index in [1.165, 1.54) is 0 Å². The maximum atomic E-state index is 12.7. The highest BCUT2D eigenvalue weighted by molar-refractivity contribution is 6.00. The molecule has 118 valence electrons. The van der Waals surface area contributed by atoms with Crippen molar-refractivity contribution in [1.29, 1.82) is 5.26 Å². The van der Waals surface area contributed by atoms with Gasteiger partial charge in [-0.3, -0.25) is 4.79 Å². The first-order chi connectivity index (χ1) is 10.8. The Kier molecular flexibility index (Phi) is 3.41. The van der Waals surface area contributed by atoms with E-state index < -0.39 is 5.92 Å². The quantitative estimate of drug-likeness (QED) is 0.740. The molecule has 0 aromatic heterocycles. The minimum Gasteiger partial charge on any atom is -0.508 e. The first-order valence-corrected chi connectivity index (χ1v) is 7.54. The first kappa shape index (κ1) is 15.2. The summed E-state index contributed by atoms with van der Waals surface area (Å²) in [6.07, 6.45) is 1.16. The molecular weight excluding hydrogens is 290 g/mol. The normalized spacial score (nSPS) is 23.2. The van der Waals surface area contributed by atoms with Crippen molar-refractivity contribution in [2.24, 2.45) is 11.1 Å². The van der Waals surface area contributed by atoms with Gasteiger partial charge in [0.25, 0.3) is 0 Å². The third-order valence-corrected chi connectivity index (χ3v) is 4.42. The molecule has 0 saturated heterocycles. The number of Topliss-reactive ketones (excluding diaryl/α,β-unsaturated/α-hetero) is 1. The van der Waals surface area contributed by atoms with Crippen LogP contribution in [-0.4, -0.2) is 10.9 Å². The van der Waals surface area contributed by atoms with E-state index in [9.17, 15) is 15.2 Å². The van der Waals surface area contributed by atoms with Gasteiger partial charge in [0.15, 0.2) is 5.78 Å². The molecular formula is C18H19N3O2. The number of carbonyl (C=O) groups excluding carboxylic acids is 1. The Morgan fingerprint density at radius 3 is 2.57 bits per heavy atom. The van der Waals surface area contributed by atoms with Gasteiger partial charge in [0.05, 0.1) is 17.6 Å². The minimum atomic E-state index is -0.472. The summed E-state index contributed by atoms with van der Waals surface area (Å²) in [5.74, 6) is 0.0146. The van der Waals surface area contributed by atoms with Crippen LogP contribution in [0.4, 0.5) is 0 Å². The number of nitriles is 1. The van der Waals surface area contributed by atoms with Crippen LogP contribution < -0.4 is 11.1 Å². The van der Waals surface area contributed by atoms with Crippen molar-refractivity contribution in [1.82, 2.24) is 5.32 Å². The maximum Gasteiger partial charge on any atom is 0.162 e. The lowest BCUT2D eigenvalue weighted by Crippen LogP contribution is -2.39. The number of nitrogens with zero attached hydrogens (tertiary/aromatic N) is 1. The fourth-order valence-corrected chi connectivity index (χ4v) is 3.44. The molecule has 0 unspecified atom stereocenters. The second-order valence-electron chi connectivity index (χ2n) is 6.92. The van der Waals surface area contributed by atoms with Gasteiger partial charge in [-0.25, -0.2) is 0 Å². The maximum absolute atomic E-state index is 12.7. The number of carbonyl (C=O) groups is 1. The van der Waals surface area contributed by atoms with Gasteiger partial charge in [-0.2, -0.15) is 5.26 Å². The monoisotopic (exact) mass is 309 g/mol. The Balaban J connectivity index is 2.17. The van der Waals surface area contributed by atoms with Gasteiger partial charge in [0.2, 0.25) is 0 Å². The summed E-state index contributed by atoms with van der Waals surface area (Å²) in [5.41, 5.74) is 8.47. The van der Waals surface area contributed by atoms with Crippen molar-refractivity contribution >= 4 is 5.78 Å². The lowest BCUT2D eigenvalue weighted by molar-refractivity contribution is -0.118. The van der Waals surface area contributed by atoms with Gasteiger partial charge in [-0.05, 0) is 29.5 Å². The highest BCUT2D eigenvalue weighted by Crippen LogP contribution is 2.45. The Labute approximate surface area is 135 Å². The summed E-state index contributed by atoms with van der Waals surface area (Å²) in [5, 5.41) is 22.1. The lowest BCUT2D eigenvalue weighted by Gasteiger charge is -2.38. The van der Waals surface area contributed by atoms with Crippen LogP contribution in [0.15, 0.2) is 46.9 Å². The summed E-state index contributed by atoms with van der Waals surface area (Å²) >= 11 is 0. The number of allylic oxidation sites excluding steroid dienone is 3. The van der Waals surface area contributed by atoms with Gasteiger partial charge in [0.1, 0.15) is 11.6 Å². The molecule has 1 aromatic carbocycles. The minimum absolute atomic E-state index is 0.0436. The summed E-state index contributed by atoms with van der Waals surface area (Å²) < 4.78 is 0. The molecule has 2 aliphatic rings. The Hall–Kier alpha value is -2.74. The van der Waals surface area contributed by atoms with Crippen LogP contribution in [0.25, 0.3) is 0 Å². The molecule has 3 rings (SSSR count). The van der Waals surface area contributed by atoms with E-state index in [4.69, 9.17) is 5.73 Å². The fourth-order valence-electron chi connectivity index (χ4n) is 3.44. The Morgan fingerprint density at radius 2 is 1.96 bits per heavy atom. The number of aromatic hydroxyl groups is 1.